The molecule has 1 amide bonds. The van der Waals surface area contributed by atoms with E-state index in [1.54, 1.807) is 12.1 Å². The highest BCUT2D eigenvalue weighted by Crippen LogP contribution is 2.27. The van der Waals surface area contributed by atoms with Crippen molar-refractivity contribution in [1.82, 2.24) is 5.32 Å². The predicted octanol–water partition coefficient (Wildman–Crippen LogP) is 3.76. The standard InChI is InChI=1S/C24H21NO3/c1-3-13-28-22-10-9-19-14-21(24(27)18-7-5-4-6-8-18)15-20(23(19)16-22)11-12-25-17(2)26/h1,4-10,14-16H,11-13H2,2H3,(H,25,26). The molecule has 0 unspecified atom stereocenters. The summed E-state index contributed by atoms with van der Waals surface area (Å²) in [5.74, 6) is 3.01. The third-order valence-electron chi connectivity index (χ3n) is 4.40. The molecule has 0 radical (unpaired) electrons. The lowest BCUT2D eigenvalue weighted by Gasteiger charge is -2.12. The Kier molecular flexibility index (Phi) is 6.08. The first-order valence-corrected chi connectivity index (χ1v) is 9.05. The topological polar surface area (TPSA) is 55.4 Å². The van der Waals surface area contributed by atoms with Crippen LogP contribution >= 0.6 is 0 Å². The van der Waals surface area contributed by atoms with Gasteiger partial charge in [-0.2, -0.15) is 0 Å². The van der Waals surface area contributed by atoms with Crippen LogP contribution in [0.5, 0.6) is 5.75 Å². The minimum Gasteiger partial charge on any atom is -0.481 e. The van der Waals surface area contributed by atoms with E-state index in [0.29, 0.717) is 29.8 Å². The van der Waals surface area contributed by atoms with Crippen molar-refractivity contribution in [2.24, 2.45) is 0 Å². The van der Waals surface area contributed by atoms with Crippen LogP contribution in [0.25, 0.3) is 10.8 Å². The van der Waals surface area contributed by atoms with Crippen LogP contribution in [-0.4, -0.2) is 24.8 Å². The van der Waals surface area contributed by atoms with Crippen molar-refractivity contribution in [1.29, 1.82) is 0 Å². The lowest BCUT2D eigenvalue weighted by Crippen LogP contribution is -2.22. The number of ether oxygens (including phenoxy) is 1. The maximum absolute atomic E-state index is 12.9. The fourth-order valence-electron chi connectivity index (χ4n) is 3.10. The Balaban J connectivity index is 2.02. The van der Waals surface area contributed by atoms with Gasteiger partial charge in [0.15, 0.2) is 5.78 Å². The maximum atomic E-state index is 12.9. The zero-order valence-electron chi connectivity index (χ0n) is 15.7. The summed E-state index contributed by atoms with van der Waals surface area (Å²) in [5.41, 5.74) is 2.23. The van der Waals surface area contributed by atoms with Crippen molar-refractivity contribution in [3.63, 3.8) is 0 Å². The number of amides is 1. The molecular weight excluding hydrogens is 350 g/mol. The second-order valence-electron chi connectivity index (χ2n) is 6.44. The van der Waals surface area contributed by atoms with Gasteiger partial charge in [0.05, 0.1) is 0 Å². The van der Waals surface area contributed by atoms with Crippen molar-refractivity contribution in [3.05, 3.63) is 77.4 Å². The fourth-order valence-corrected chi connectivity index (χ4v) is 3.10. The molecule has 0 aliphatic heterocycles. The van der Waals surface area contributed by atoms with Crippen molar-refractivity contribution < 1.29 is 14.3 Å². The zero-order chi connectivity index (χ0) is 19.9. The van der Waals surface area contributed by atoms with Crippen molar-refractivity contribution in [2.45, 2.75) is 13.3 Å². The van der Waals surface area contributed by atoms with Gasteiger partial charge in [-0.3, -0.25) is 9.59 Å². The first-order valence-electron chi connectivity index (χ1n) is 9.05. The van der Waals surface area contributed by atoms with Gasteiger partial charge < -0.3 is 10.1 Å². The molecule has 4 nitrogen and oxygen atoms in total. The molecule has 0 aromatic heterocycles. The zero-order valence-corrected chi connectivity index (χ0v) is 15.7. The van der Waals surface area contributed by atoms with Gasteiger partial charge >= 0.3 is 0 Å². The van der Waals surface area contributed by atoms with Crippen LogP contribution in [0, 0.1) is 12.3 Å². The van der Waals surface area contributed by atoms with E-state index in [1.807, 2.05) is 48.5 Å². The largest absolute Gasteiger partial charge is 0.481 e. The van der Waals surface area contributed by atoms with Gasteiger partial charge in [0.1, 0.15) is 12.4 Å². The normalized spacial score (nSPS) is 10.3. The molecule has 3 aromatic rings. The molecule has 0 saturated heterocycles. The number of carbonyl (C=O) groups is 2. The smallest absolute Gasteiger partial charge is 0.216 e. The van der Waals surface area contributed by atoms with Gasteiger partial charge in [-0.05, 0) is 47.0 Å². The first-order chi connectivity index (χ1) is 13.6. The number of benzene rings is 3. The SMILES string of the molecule is C#CCOc1ccc2cc(C(=O)c3ccccc3)cc(CCNC(C)=O)c2c1. The average molecular weight is 371 g/mol. The van der Waals surface area contributed by atoms with Gasteiger partial charge in [-0.25, -0.2) is 0 Å². The van der Waals surface area contributed by atoms with Crippen LogP contribution in [0.4, 0.5) is 0 Å². The Bertz CT molecular complexity index is 1050. The Morgan fingerprint density at radius 3 is 2.54 bits per heavy atom. The van der Waals surface area contributed by atoms with Crippen LogP contribution in [0.3, 0.4) is 0 Å². The average Bonchev–Trinajstić information content (AvgIpc) is 2.72. The number of fused-ring (bicyclic) bond motifs is 1. The highest BCUT2D eigenvalue weighted by atomic mass is 16.5. The Hall–Kier alpha value is -3.58. The number of rotatable bonds is 7. The molecular formula is C24H21NO3. The third kappa shape index (κ3) is 4.57. The molecule has 0 aliphatic rings. The summed E-state index contributed by atoms with van der Waals surface area (Å²) in [7, 11) is 0. The summed E-state index contributed by atoms with van der Waals surface area (Å²) in [6.07, 6.45) is 5.87. The van der Waals surface area contributed by atoms with Crippen molar-refractivity contribution >= 4 is 22.5 Å². The summed E-state index contributed by atoms with van der Waals surface area (Å²) in [4.78, 5) is 24.1. The molecule has 0 atom stereocenters. The van der Waals surface area contributed by atoms with Crippen LogP contribution in [0.1, 0.15) is 28.4 Å². The molecule has 1 N–H and O–H groups in total. The van der Waals surface area contributed by atoms with E-state index < -0.39 is 0 Å². The Labute approximate surface area is 164 Å². The molecule has 3 rings (SSSR count). The second kappa shape index (κ2) is 8.88. The number of hydrogen-bond acceptors (Lipinski definition) is 3. The van der Waals surface area contributed by atoms with Crippen LogP contribution in [0.15, 0.2) is 60.7 Å². The molecule has 140 valence electrons. The van der Waals surface area contributed by atoms with Crippen molar-refractivity contribution in [2.75, 3.05) is 13.2 Å². The lowest BCUT2D eigenvalue weighted by atomic mass is 9.94. The number of hydrogen-bond donors (Lipinski definition) is 1. The maximum Gasteiger partial charge on any atom is 0.216 e. The van der Waals surface area contributed by atoms with E-state index in [4.69, 9.17) is 11.2 Å². The summed E-state index contributed by atoms with van der Waals surface area (Å²) in [6, 6.07) is 18.7. The van der Waals surface area contributed by atoms with E-state index >= 15 is 0 Å². The molecule has 0 spiro atoms. The summed E-state index contributed by atoms with van der Waals surface area (Å²) >= 11 is 0. The number of terminal acetylenes is 1. The molecule has 28 heavy (non-hydrogen) atoms. The Morgan fingerprint density at radius 1 is 1.04 bits per heavy atom. The van der Waals surface area contributed by atoms with E-state index in [9.17, 15) is 9.59 Å². The predicted molar refractivity (Wildman–Crippen MR) is 111 cm³/mol. The molecule has 4 heteroatoms. The highest BCUT2D eigenvalue weighted by molar-refractivity contribution is 6.11. The molecule has 0 fully saturated rings. The van der Waals surface area contributed by atoms with Crippen LogP contribution in [-0.2, 0) is 11.2 Å². The van der Waals surface area contributed by atoms with Gasteiger partial charge in [0.25, 0.3) is 0 Å². The van der Waals surface area contributed by atoms with Gasteiger partial charge in [-0.1, -0.05) is 42.3 Å². The monoisotopic (exact) mass is 371 g/mol. The lowest BCUT2D eigenvalue weighted by molar-refractivity contribution is -0.118. The number of carbonyl (C=O) groups excluding carboxylic acids is 2. The fraction of sp³-hybridized carbons (Fsp3) is 0.167. The van der Waals surface area contributed by atoms with Gasteiger partial charge in [0.2, 0.25) is 5.91 Å². The molecule has 0 saturated carbocycles. The van der Waals surface area contributed by atoms with E-state index in [1.165, 1.54) is 6.92 Å². The molecule has 0 bridgehead atoms. The van der Waals surface area contributed by atoms with Crippen molar-refractivity contribution in [3.8, 4) is 18.1 Å². The van der Waals surface area contributed by atoms with Gasteiger partial charge in [-0.15, -0.1) is 6.42 Å². The molecule has 0 aliphatic carbocycles. The van der Waals surface area contributed by atoms with Crippen LogP contribution < -0.4 is 10.1 Å². The highest BCUT2D eigenvalue weighted by Gasteiger charge is 2.13. The Morgan fingerprint density at radius 2 is 1.82 bits per heavy atom. The van der Waals surface area contributed by atoms with Gasteiger partial charge in [0, 0.05) is 24.6 Å². The number of nitrogens with one attached hydrogen (secondary N) is 1. The number of ketones is 1. The second-order valence-corrected chi connectivity index (χ2v) is 6.44. The third-order valence-corrected chi connectivity index (χ3v) is 4.40. The minimum absolute atomic E-state index is 0.0315. The van der Waals surface area contributed by atoms with E-state index in [-0.39, 0.29) is 18.3 Å². The van der Waals surface area contributed by atoms with E-state index in [0.717, 1.165) is 16.3 Å². The summed E-state index contributed by atoms with van der Waals surface area (Å²) in [5, 5.41) is 4.72. The van der Waals surface area contributed by atoms with E-state index in [2.05, 4.69) is 11.2 Å². The summed E-state index contributed by atoms with van der Waals surface area (Å²) in [6.45, 7) is 2.17. The summed E-state index contributed by atoms with van der Waals surface area (Å²) < 4.78 is 5.54. The first kappa shape index (κ1) is 19.2. The minimum atomic E-state index is -0.0844. The quantitative estimate of drug-likeness (QED) is 0.508. The molecule has 0 heterocycles. The molecule has 3 aromatic carbocycles. The van der Waals surface area contributed by atoms with Crippen LogP contribution in [0.2, 0.25) is 0 Å².